The van der Waals surface area contributed by atoms with Gasteiger partial charge in [-0.15, -0.1) is 0 Å². The van der Waals surface area contributed by atoms with Crippen LogP contribution in [0.1, 0.15) is 11.1 Å². The van der Waals surface area contributed by atoms with Crippen molar-refractivity contribution in [3.8, 4) is 11.5 Å². The first-order valence-electron chi connectivity index (χ1n) is 7.78. The Balaban J connectivity index is 1.87. The van der Waals surface area contributed by atoms with Crippen LogP contribution in [0.15, 0.2) is 50.8 Å². The Hall–Kier alpha value is -2.25. The Morgan fingerprint density at radius 2 is 1.88 bits per heavy atom. The highest BCUT2D eigenvalue weighted by atomic mass is 79.9. The second-order valence-corrected chi connectivity index (χ2v) is 7.44. The van der Waals surface area contributed by atoms with Gasteiger partial charge in [0, 0.05) is 0 Å². The number of halogens is 1. The molecule has 0 spiro atoms. The number of hydrogen-bond acceptors (Lipinski definition) is 5. The fourth-order valence-electron chi connectivity index (χ4n) is 2.39. The highest BCUT2D eigenvalue weighted by Crippen LogP contribution is 2.38. The molecule has 26 heavy (non-hydrogen) atoms. The predicted molar refractivity (Wildman–Crippen MR) is 109 cm³/mol. The maximum atomic E-state index is 12.2. The minimum absolute atomic E-state index is 0.174. The molecule has 3 rings (SSSR count). The molecule has 5 nitrogen and oxygen atoms in total. The monoisotopic (exact) mass is 432 g/mol. The lowest BCUT2D eigenvalue weighted by atomic mass is 10.2. The van der Waals surface area contributed by atoms with Gasteiger partial charge in [-0.05, 0) is 70.5 Å². The normalized spacial score (nSPS) is 16.8. The Morgan fingerprint density at radius 1 is 1.15 bits per heavy atom. The number of nitrogens with zero attached hydrogens (tertiary/aromatic N) is 1. The zero-order chi connectivity index (χ0) is 18.7. The molecule has 2 aromatic rings. The van der Waals surface area contributed by atoms with Crippen LogP contribution in [0.3, 0.4) is 0 Å². The number of carbonyl (C=O) groups excluding carboxylic acids is 1. The second-order valence-electron chi connectivity index (χ2n) is 5.56. The summed E-state index contributed by atoms with van der Waals surface area (Å²) in [5, 5.41) is 3.35. The van der Waals surface area contributed by atoms with Crippen molar-refractivity contribution in [2.75, 3.05) is 14.2 Å². The third-order valence-electron chi connectivity index (χ3n) is 3.67. The van der Waals surface area contributed by atoms with Crippen molar-refractivity contribution in [1.82, 2.24) is 5.32 Å². The number of hydrogen-bond donors (Lipinski definition) is 1. The molecule has 0 radical (unpaired) electrons. The summed E-state index contributed by atoms with van der Waals surface area (Å²) >= 11 is 4.77. The van der Waals surface area contributed by atoms with Crippen molar-refractivity contribution in [2.24, 2.45) is 4.99 Å². The molecule has 0 saturated carbocycles. The largest absolute Gasteiger partial charge is 0.493 e. The molecule has 1 aliphatic heterocycles. The van der Waals surface area contributed by atoms with Crippen LogP contribution < -0.4 is 14.8 Å². The van der Waals surface area contributed by atoms with Gasteiger partial charge in [0.15, 0.2) is 16.7 Å². The number of carbonyl (C=O) groups is 1. The quantitative estimate of drug-likeness (QED) is 0.713. The Labute approximate surface area is 164 Å². The van der Waals surface area contributed by atoms with Gasteiger partial charge in [-0.3, -0.25) is 4.79 Å². The zero-order valence-corrected chi connectivity index (χ0v) is 16.9. The topological polar surface area (TPSA) is 59.9 Å². The van der Waals surface area contributed by atoms with Crippen molar-refractivity contribution >= 4 is 50.5 Å². The van der Waals surface area contributed by atoms with E-state index in [1.165, 1.54) is 11.8 Å². The van der Waals surface area contributed by atoms with E-state index in [1.54, 1.807) is 20.3 Å². The minimum Gasteiger partial charge on any atom is -0.493 e. The van der Waals surface area contributed by atoms with Crippen molar-refractivity contribution in [3.63, 3.8) is 0 Å². The molecule has 0 aliphatic carbocycles. The van der Waals surface area contributed by atoms with Crippen molar-refractivity contribution in [1.29, 1.82) is 0 Å². The molecule has 1 N–H and O–H groups in total. The molecule has 1 heterocycles. The fraction of sp³-hybridized carbons (Fsp3) is 0.158. The third-order valence-corrected chi connectivity index (χ3v) is 5.17. The maximum absolute atomic E-state index is 12.2. The summed E-state index contributed by atoms with van der Waals surface area (Å²) in [5.41, 5.74) is 2.79. The summed E-state index contributed by atoms with van der Waals surface area (Å²) in [7, 11) is 3.15. The van der Waals surface area contributed by atoms with Crippen LogP contribution in [-0.2, 0) is 4.79 Å². The number of amidine groups is 1. The molecule has 2 aromatic carbocycles. The molecule has 134 valence electrons. The predicted octanol–water partition coefficient (Wildman–Crippen LogP) is 4.67. The van der Waals surface area contributed by atoms with Gasteiger partial charge in [0.2, 0.25) is 0 Å². The second kappa shape index (κ2) is 7.97. The average molecular weight is 433 g/mol. The molecule has 1 fully saturated rings. The highest BCUT2D eigenvalue weighted by molar-refractivity contribution is 9.10. The number of aliphatic imine (C=N–C) groups is 1. The van der Waals surface area contributed by atoms with E-state index >= 15 is 0 Å². The van der Waals surface area contributed by atoms with Crippen LogP contribution in [0.4, 0.5) is 5.69 Å². The van der Waals surface area contributed by atoms with Crippen LogP contribution in [-0.4, -0.2) is 25.3 Å². The third kappa shape index (κ3) is 4.11. The van der Waals surface area contributed by atoms with Crippen molar-refractivity contribution in [3.05, 3.63) is 56.9 Å². The van der Waals surface area contributed by atoms with Crippen molar-refractivity contribution in [2.45, 2.75) is 6.92 Å². The van der Waals surface area contributed by atoms with Crippen LogP contribution >= 0.6 is 27.7 Å². The SMILES string of the molecule is COc1cc(C=C2SC(=Nc3ccc(C)cc3)NC2=O)cc(Br)c1OC. The average Bonchev–Trinajstić information content (AvgIpc) is 2.95. The van der Waals surface area contributed by atoms with E-state index in [4.69, 9.17) is 9.47 Å². The van der Waals surface area contributed by atoms with E-state index in [2.05, 4.69) is 26.2 Å². The molecule has 1 saturated heterocycles. The number of aryl methyl sites for hydroxylation is 1. The molecule has 0 bridgehead atoms. The summed E-state index contributed by atoms with van der Waals surface area (Å²) in [6.07, 6.45) is 1.80. The molecule has 1 amide bonds. The lowest BCUT2D eigenvalue weighted by Gasteiger charge is -2.10. The number of benzene rings is 2. The molecule has 0 unspecified atom stereocenters. The van der Waals surface area contributed by atoms with Crippen LogP contribution in [0.2, 0.25) is 0 Å². The number of methoxy groups -OCH3 is 2. The van der Waals surface area contributed by atoms with E-state index in [0.717, 1.165) is 21.3 Å². The molecule has 1 aliphatic rings. The van der Waals surface area contributed by atoms with Gasteiger partial charge in [0.1, 0.15) is 0 Å². The zero-order valence-electron chi connectivity index (χ0n) is 14.5. The molecule has 7 heteroatoms. The highest BCUT2D eigenvalue weighted by Gasteiger charge is 2.24. The van der Waals surface area contributed by atoms with E-state index in [9.17, 15) is 4.79 Å². The first-order valence-corrected chi connectivity index (χ1v) is 9.39. The van der Waals surface area contributed by atoms with Crippen LogP contribution in [0, 0.1) is 6.92 Å². The minimum atomic E-state index is -0.174. The first-order chi connectivity index (χ1) is 12.5. The molecular formula is C19H17BrN2O3S. The maximum Gasteiger partial charge on any atom is 0.264 e. The summed E-state index contributed by atoms with van der Waals surface area (Å²) in [6.45, 7) is 2.02. The molecule has 0 atom stereocenters. The van der Waals surface area contributed by atoms with Gasteiger partial charge in [-0.1, -0.05) is 17.7 Å². The molecule has 0 aromatic heterocycles. The van der Waals surface area contributed by atoms with Gasteiger partial charge in [0.25, 0.3) is 5.91 Å². The van der Waals surface area contributed by atoms with E-state index in [1.807, 2.05) is 43.3 Å². The first kappa shape index (κ1) is 18.5. The molecular weight excluding hydrogens is 416 g/mol. The lowest BCUT2D eigenvalue weighted by molar-refractivity contribution is -0.115. The van der Waals surface area contributed by atoms with Gasteiger partial charge < -0.3 is 14.8 Å². The number of nitrogens with one attached hydrogen (secondary N) is 1. The number of amides is 1. The van der Waals surface area contributed by atoms with Crippen LogP contribution in [0.5, 0.6) is 11.5 Å². The van der Waals surface area contributed by atoms with E-state index in [0.29, 0.717) is 21.6 Å². The summed E-state index contributed by atoms with van der Waals surface area (Å²) in [6, 6.07) is 11.5. The van der Waals surface area contributed by atoms with Gasteiger partial charge in [-0.25, -0.2) is 4.99 Å². The van der Waals surface area contributed by atoms with Gasteiger partial charge in [-0.2, -0.15) is 0 Å². The number of thioether (sulfide) groups is 1. The summed E-state index contributed by atoms with van der Waals surface area (Å²) in [4.78, 5) is 17.3. The van der Waals surface area contributed by atoms with Gasteiger partial charge >= 0.3 is 0 Å². The van der Waals surface area contributed by atoms with Gasteiger partial charge in [0.05, 0.1) is 29.3 Å². The number of ether oxygens (including phenoxy) is 2. The van der Waals surface area contributed by atoms with Crippen LogP contribution in [0.25, 0.3) is 6.08 Å². The number of rotatable bonds is 4. The Kier molecular flexibility index (Phi) is 5.68. The fourth-order valence-corrected chi connectivity index (χ4v) is 3.85. The standard InChI is InChI=1S/C19H17BrN2O3S/c1-11-4-6-13(7-5-11)21-19-22-18(23)16(26-19)10-12-8-14(20)17(25-3)15(9-12)24-2/h4-10H,1-3H3,(H,21,22,23). The van der Waals surface area contributed by atoms with E-state index in [-0.39, 0.29) is 5.91 Å². The lowest BCUT2D eigenvalue weighted by Crippen LogP contribution is -2.19. The summed E-state index contributed by atoms with van der Waals surface area (Å²) in [5.74, 6) is 1.03. The van der Waals surface area contributed by atoms with E-state index < -0.39 is 0 Å². The van der Waals surface area contributed by atoms with Crippen molar-refractivity contribution < 1.29 is 14.3 Å². The Morgan fingerprint density at radius 3 is 2.54 bits per heavy atom. The summed E-state index contributed by atoms with van der Waals surface area (Å²) < 4.78 is 11.4. The Bertz CT molecular complexity index is 908. The smallest absolute Gasteiger partial charge is 0.264 e.